The highest BCUT2D eigenvalue weighted by atomic mass is 16.3. The molecule has 0 bridgehead atoms. The van der Waals surface area contributed by atoms with Gasteiger partial charge in [0.15, 0.2) is 0 Å². The molecule has 2 nitrogen and oxygen atoms in total. The van der Waals surface area contributed by atoms with Crippen molar-refractivity contribution in [1.82, 2.24) is 5.32 Å². The Morgan fingerprint density at radius 3 is 2.58 bits per heavy atom. The molecule has 0 aromatic heterocycles. The summed E-state index contributed by atoms with van der Waals surface area (Å²) in [5, 5.41) is 13.2. The molecule has 12 heavy (non-hydrogen) atoms. The predicted molar refractivity (Wildman–Crippen MR) is 49.7 cm³/mol. The molecule has 0 aromatic rings. The molecule has 2 atom stereocenters. The molecule has 1 fully saturated rings. The molecule has 0 spiro atoms. The third kappa shape index (κ3) is 1.48. The molecule has 1 aliphatic carbocycles. The maximum Gasteiger partial charge on any atom is 0.0798 e. The molecule has 2 N–H and O–H groups in total. The number of nitrogens with one attached hydrogen (secondary N) is 1. The van der Waals surface area contributed by atoms with Crippen LogP contribution >= 0.6 is 0 Å². The number of rotatable bonds is 2. The summed E-state index contributed by atoms with van der Waals surface area (Å²) >= 11 is 0. The van der Waals surface area contributed by atoms with E-state index in [1.807, 2.05) is 13.8 Å². The number of hydrogen-bond acceptors (Lipinski definition) is 2. The van der Waals surface area contributed by atoms with Gasteiger partial charge in [-0.2, -0.15) is 0 Å². The normalized spacial score (nSPS) is 41.2. The van der Waals surface area contributed by atoms with E-state index in [1.54, 1.807) is 0 Å². The average molecular weight is 167 g/mol. The maximum atomic E-state index is 10.0. The molecule has 0 heterocycles. The molecule has 0 amide bonds. The lowest BCUT2D eigenvalue weighted by atomic mass is 9.86. The second-order valence-electron chi connectivity index (χ2n) is 4.02. The average Bonchev–Trinajstić information content (AvgIpc) is 2.24. The lowest BCUT2D eigenvalue weighted by molar-refractivity contribution is -0.00450. The Hall–Kier alpha value is -0.520. The molecule has 1 rings (SSSR count). The van der Waals surface area contributed by atoms with Gasteiger partial charge in [0.05, 0.1) is 12.1 Å². The van der Waals surface area contributed by atoms with Crippen LogP contribution in [-0.2, 0) is 0 Å². The standard InChI is InChI=1S/C10H17NO/c1-4-8-11-9(2)6-5-7-10(9,3)12/h1,11-12H,5-8H2,2-3H3. The first-order valence-corrected chi connectivity index (χ1v) is 4.43. The molecule has 2 unspecified atom stereocenters. The first-order chi connectivity index (χ1) is 5.52. The number of terminal acetylenes is 1. The van der Waals surface area contributed by atoms with Crippen molar-refractivity contribution < 1.29 is 5.11 Å². The SMILES string of the molecule is C#CCNC1(C)CCCC1(C)O. The van der Waals surface area contributed by atoms with Gasteiger partial charge in [0.2, 0.25) is 0 Å². The summed E-state index contributed by atoms with van der Waals surface area (Å²) in [6.45, 7) is 4.45. The van der Waals surface area contributed by atoms with Crippen molar-refractivity contribution in [2.24, 2.45) is 0 Å². The highest BCUT2D eigenvalue weighted by Gasteiger charge is 2.46. The van der Waals surface area contributed by atoms with E-state index in [1.165, 1.54) is 0 Å². The first kappa shape index (κ1) is 9.57. The minimum Gasteiger partial charge on any atom is -0.388 e. The van der Waals surface area contributed by atoms with Crippen LogP contribution in [-0.4, -0.2) is 22.8 Å². The van der Waals surface area contributed by atoms with E-state index >= 15 is 0 Å². The van der Waals surface area contributed by atoms with Crippen LogP contribution in [0.25, 0.3) is 0 Å². The molecule has 0 radical (unpaired) electrons. The van der Waals surface area contributed by atoms with E-state index in [-0.39, 0.29) is 5.54 Å². The fourth-order valence-corrected chi connectivity index (χ4v) is 1.86. The largest absolute Gasteiger partial charge is 0.388 e. The monoisotopic (exact) mass is 167 g/mol. The summed E-state index contributed by atoms with van der Waals surface area (Å²) in [5.74, 6) is 2.54. The summed E-state index contributed by atoms with van der Waals surface area (Å²) in [5.41, 5.74) is -0.802. The quantitative estimate of drug-likeness (QED) is 0.599. The van der Waals surface area contributed by atoms with E-state index in [0.29, 0.717) is 6.54 Å². The lowest BCUT2D eigenvalue weighted by Crippen LogP contribution is -2.55. The molecule has 1 aliphatic rings. The second kappa shape index (κ2) is 3.08. The third-order valence-electron chi connectivity index (χ3n) is 3.11. The van der Waals surface area contributed by atoms with Gasteiger partial charge in [0.25, 0.3) is 0 Å². The Kier molecular flexibility index (Phi) is 2.46. The maximum absolute atomic E-state index is 10.0. The van der Waals surface area contributed by atoms with Crippen LogP contribution in [0.1, 0.15) is 33.1 Å². The zero-order chi connectivity index (χ0) is 9.24. The van der Waals surface area contributed by atoms with Crippen LogP contribution in [0.3, 0.4) is 0 Å². The lowest BCUT2D eigenvalue weighted by Gasteiger charge is -2.37. The van der Waals surface area contributed by atoms with E-state index in [0.717, 1.165) is 19.3 Å². The summed E-state index contributed by atoms with van der Waals surface area (Å²) in [6.07, 6.45) is 8.09. The van der Waals surface area contributed by atoms with Gasteiger partial charge < -0.3 is 5.11 Å². The smallest absolute Gasteiger partial charge is 0.0798 e. The Bertz CT molecular complexity index is 204. The molecular weight excluding hydrogens is 150 g/mol. The van der Waals surface area contributed by atoms with Crippen molar-refractivity contribution in [2.75, 3.05) is 6.54 Å². The van der Waals surface area contributed by atoms with E-state index in [4.69, 9.17) is 6.42 Å². The van der Waals surface area contributed by atoms with Crippen LogP contribution in [0.15, 0.2) is 0 Å². The van der Waals surface area contributed by atoms with Crippen LogP contribution < -0.4 is 5.32 Å². The second-order valence-corrected chi connectivity index (χ2v) is 4.02. The molecular formula is C10H17NO. The van der Waals surface area contributed by atoms with E-state index in [2.05, 4.69) is 11.2 Å². The molecule has 68 valence electrons. The van der Waals surface area contributed by atoms with Gasteiger partial charge in [-0.05, 0) is 33.1 Å². The molecule has 2 heteroatoms. The number of hydrogen-bond donors (Lipinski definition) is 2. The molecule has 0 aliphatic heterocycles. The Balaban J connectivity index is 2.64. The van der Waals surface area contributed by atoms with Gasteiger partial charge in [-0.15, -0.1) is 6.42 Å². The van der Waals surface area contributed by atoms with E-state index < -0.39 is 5.60 Å². The van der Waals surface area contributed by atoms with Crippen molar-refractivity contribution >= 4 is 0 Å². The number of aliphatic hydroxyl groups is 1. The summed E-state index contributed by atoms with van der Waals surface area (Å²) in [4.78, 5) is 0. The Morgan fingerprint density at radius 2 is 2.17 bits per heavy atom. The van der Waals surface area contributed by atoms with Gasteiger partial charge in [-0.25, -0.2) is 0 Å². The highest BCUT2D eigenvalue weighted by molar-refractivity contribution is 5.06. The van der Waals surface area contributed by atoms with Gasteiger partial charge in [-0.1, -0.05) is 5.92 Å². The van der Waals surface area contributed by atoms with Crippen molar-refractivity contribution in [3.63, 3.8) is 0 Å². The van der Waals surface area contributed by atoms with Gasteiger partial charge in [0.1, 0.15) is 0 Å². The van der Waals surface area contributed by atoms with Crippen molar-refractivity contribution in [3.05, 3.63) is 0 Å². The van der Waals surface area contributed by atoms with Gasteiger partial charge >= 0.3 is 0 Å². The third-order valence-corrected chi connectivity index (χ3v) is 3.11. The zero-order valence-corrected chi connectivity index (χ0v) is 7.85. The van der Waals surface area contributed by atoms with Crippen molar-refractivity contribution in [2.45, 2.75) is 44.2 Å². The summed E-state index contributed by atoms with van der Waals surface area (Å²) < 4.78 is 0. The van der Waals surface area contributed by atoms with Crippen LogP contribution in [0.2, 0.25) is 0 Å². The van der Waals surface area contributed by atoms with E-state index in [9.17, 15) is 5.11 Å². The minimum atomic E-state index is -0.607. The highest BCUT2D eigenvalue weighted by Crippen LogP contribution is 2.38. The zero-order valence-electron chi connectivity index (χ0n) is 7.85. The minimum absolute atomic E-state index is 0.195. The fourth-order valence-electron chi connectivity index (χ4n) is 1.86. The van der Waals surface area contributed by atoms with Crippen LogP contribution in [0.4, 0.5) is 0 Å². The molecule has 1 saturated carbocycles. The first-order valence-electron chi connectivity index (χ1n) is 4.43. The Morgan fingerprint density at radius 1 is 1.50 bits per heavy atom. The Labute approximate surface area is 74.4 Å². The van der Waals surface area contributed by atoms with Crippen LogP contribution in [0.5, 0.6) is 0 Å². The van der Waals surface area contributed by atoms with Crippen molar-refractivity contribution in [3.8, 4) is 12.3 Å². The van der Waals surface area contributed by atoms with Gasteiger partial charge in [0, 0.05) is 5.54 Å². The van der Waals surface area contributed by atoms with Crippen LogP contribution in [0, 0.1) is 12.3 Å². The summed E-state index contributed by atoms with van der Waals surface area (Å²) in [7, 11) is 0. The molecule has 0 saturated heterocycles. The van der Waals surface area contributed by atoms with Gasteiger partial charge in [-0.3, -0.25) is 5.32 Å². The topological polar surface area (TPSA) is 32.3 Å². The van der Waals surface area contributed by atoms with Crippen molar-refractivity contribution in [1.29, 1.82) is 0 Å². The molecule has 0 aromatic carbocycles. The predicted octanol–water partition coefficient (Wildman–Crippen LogP) is 0.903. The fraction of sp³-hybridized carbons (Fsp3) is 0.800. The summed E-state index contributed by atoms with van der Waals surface area (Å²) in [6, 6.07) is 0.